The van der Waals surface area contributed by atoms with E-state index in [1.807, 2.05) is 25.4 Å². The smallest absolute Gasteiger partial charge is 0.128 e. The van der Waals surface area contributed by atoms with Crippen LogP contribution in [0.2, 0.25) is 0 Å². The normalized spacial score (nSPS) is 12.2. The van der Waals surface area contributed by atoms with E-state index in [0.29, 0.717) is 33.9 Å². The number of methoxy groups -OCH3 is 1. The summed E-state index contributed by atoms with van der Waals surface area (Å²) < 4.78 is 21.0. The Bertz CT molecular complexity index is 1210. The summed E-state index contributed by atoms with van der Waals surface area (Å²) in [6.07, 6.45) is 4.22. The van der Waals surface area contributed by atoms with Gasteiger partial charge in [0, 0.05) is 42.3 Å². The minimum absolute atomic E-state index is 0.0460. The number of aromatic nitrogens is 4. The predicted octanol–water partition coefficient (Wildman–Crippen LogP) is 2.67. The lowest BCUT2D eigenvalue weighted by Crippen LogP contribution is -2.31. The van der Waals surface area contributed by atoms with Crippen molar-refractivity contribution in [3.63, 3.8) is 0 Å². The Labute approximate surface area is 178 Å². The molecule has 0 aliphatic rings. The first-order chi connectivity index (χ1) is 15.0. The van der Waals surface area contributed by atoms with Crippen LogP contribution in [0.15, 0.2) is 55.0 Å². The number of benzene rings is 2. The molecule has 1 atom stereocenters. The Morgan fingerprint density at radius 1 is 1.13 bits per heavy atom. The lowest BCUT2D eigenvalue weighted by Gasteiger charge is -2.27. The van der Waals surface area contributed by atoms with E-state index < -0.39 is 18.5 Å². The summed E-state index contributed by atoms with van der Waals surface area (Å²) in [6.45, 7) is -0.383. The molecule has 31 heavy (non-hydrogen) atoms. The summed E-state index contributed by atoms with van der Waals surface area (Å²) in [4.78, 5) is 10.9. The standard InChI is InChI=1S/C22H22FN5O3/c1-27-11-14(9-25-27)22-10-24-20-4-3-16(8-21(20)26-22)28(12-18(30)13-29)17-5-15(23)6-19(7-17)31-2/h3-11,18,29-30H,12-13H2,1-2H3/t18-/m0/s1. The number of rotatable bonds is 7. The van der Waals surface area contributed by atoms with E-state index in [2.05, 4.69) is 10.1 Å². The van der Waals surface area contributed by atoms with Crippen molar-refractivity contribution in [2.75, 3.05) is 25.2 Å². The van der Waals surface area contributed by atoms with Gasteiger partial charge in [0.15, 0.2) is 0 Å². The first-order valence-corrected chi connectivity index (χ1v) is 9.63. The van der Waals surface area contributed by atoms with Gasteiger partial charge < -0.3 is 19.8 Å². The minimum Gasteiger partial charge on any atom is -0.497 e. The van der Waals surface area contributed by atoms with E-state index in [1.165, 1.54) is 19.2 Å². The number of nitrogens with zero attached hydrogens (tertiary/aromatic N) is 5. The van der Waals surface area contributed by atoms with Gasteiger partial charge in [0.25, 0.3) is 0 Å². The molecular weight excluding hydrogens is 401 g/mol. The van der Waals surface area contributed by atoms with Crippen LogP contribution in [0.25, 0.3) is 22.3 Å². The summed E-state index contributed by atoms with van der Waals surface area (Å²) in [6, 6.07) is 9.70. The van der Waals surface area contributed by atoms with Gasteiger partial charge in [0.2, 0.25) is 0 Å². The number of anilines is 2. The fraction of sp³-hybridized carbons (Fsp3) is 0.227. The molecule has 8 nitrogen and oxygen atoms in total. The second-order valence-electron chi connectivity index (χ2n) is 7.13. The van der Waals surface area contributed by atoms with Crippen LogP contribution in [0.1, 0.15) is 0 Å². The maximum atomic E-state index is 14.2. The zero-order valence-electron chi connectivity index (χ0n) is 17.1. The van der Waals surface area contributed by atoms with E-state index in [-0.39, 0.29) is 6.54 Å². The quantitative estimate of drug-likeness (QED) is 0.472. The number of halogens is 1. The highest BCUT2D eigenvalue weighted by Gasteiger charge is 2.17. The monoisotopic (exact) mass is 423 g/mol. The van der Waals surface area contributed by atoms with Crippen molar-refractivity contribution in [1.82, 2.24) is 19.7 Å². The fourth-order valence-electron chi connectivity index (χ4n) is 3.31. The zero-order chi connectivity index (χ0) is 22.0. The number of fused-ring (bicyclic) bond motifs is 1. The molecule has 0 unspecified atom stereocenters. The van der Waals surface area contributed by atoms with E-state index in [4.69, 9.17) is 9.72 Å². The summed E-state index contributed by atoms with van der Waals surface area (Å²) in [5.74, 6) is -0.129. The molecule has 0 aliphatic heterocycles. The largest absolute Gasteiger partial charge is 0.497 e. The Morgan fingerprint density at radius 3 is 2.68 bits per heavy atom. The second-order valence-corrected chi connectivity index (χ2v) is 7.13. The van der Waals surface area contributed by atoms with Crippen molar-refractivity contribution in [3.8, 4) is 17.0 Å². The summed E-state index contributed by atoms with van der Waals surface area (Å²) >= 11 is 0. The highest BCUT2D eigenvalue weighted by atomic mass is 19.1. The van der Waals surface area contributed by atoms with Gasteiger partial charge in [-0.3, -0.25) is 9.67 Å². The summed E-state index contributed by atoms with van der Waals surface area (Å²) in [5, 5.41) is 23.6. The molecule has 9 heteroatoms. The second kappa shape index (κ2) is 8.66. The first-order valence-electron chi connectivity index (χ1n) is 9.63. The van der Waals surface area contributed by atoms with Gasteiger partial charge in [0.1, 0.15) is 11.6 Å². The maximum absolute atomic E-state index is 14.2. The topological polar surface area (TPSA) is 96.5 Å². The molecule has 0 bridgehead atoms. The number of hydrogen-bond acceptors (Lipinski definition) is 7. The molecule has 160 valence electrons. The highest BCUT2D eigenvalue weighted by Crippen LogP contribution is 2.31. The van der Waals surface area contributed by atoms with Crippen molar-refractivity contribution in [2.45, 2.75) is 6.10 Å². The van der Waals surface area contributed by atoms with Crippen LogP contribution in [-0.4, -0.2) is 56.3 Å². The maximum Gasteiger partial charge on any atom is 0.128 e. The number of hydrogen-bond donors (Lipinski definition) is 2. The zero-order valence-corrected chi connectivity index (χ0v) is 17.1. The van der Waals surface area contributed by atoms with Crippen LogP contribution in [0.4, 0.5) is 15.8 Å². The van der Waals surface area contributed by atoms with Crippen LogP contribution in [0.5, 0.6) is 5.75 Å². The Kier molecular flexibility index (Phi) is 5.79. The van der Waals surface area contributed by atoms with Crippen molar-refractivity contribution in [3.05, 3.63) is 60.8 Å². The van der Waals surface area contributed by atoms with E-state index >= 15 is 0 Å². The molecular formula is C22H22FN5O3. The average Bonchev–Trinajstić information content (AvgIpc) is 3.22. The van der Waals surface area contributed by atoms with Crippen LogP contribution in [-0.2, 0) is 7.05 Å². The van der Waals surface area contributed by atoms with Crippen molar-refractivity contribution < 1.29 is 19.3 Å². The number of aliphatic hydroxyl groups excluding tert-OH is 2. The fourth-order valence-corrected chi connectivity index (χ4v) is 3.31. The molecule has 0 fully saturated rings. The van der Waals surface area contributed by atoms with Crippen molar-refractivity contribution in [1.29, 1.82) is 0 Å². The van der Waals surface area contributed by atoms with E-state index in [0.717, 1.165) is 5.56 Å². The molecule has 0 saturated carbocycles. The van der Waals surface area contributed by atoms with E-state index in [1.54, 1.807) is 34.1 Å². The Balaban J connectivity index is 1.80. The van der Waals surface area contributed by atoms with Gasteiger partial charge in [-0.2, -0.15) is 5.10 Å². The summed E-state index contributed by atoms with van der Waals surface area (Å²) in [7, 11) is 3.28. The van der Waals surface area contributed by atoms with Gasteiger partial charge in [-0.1, -0.05) is 0 Å². The molecule has 4 rings (SSSR count). The molecule has 2 aromatic carbocycles. The molecule has 2 heterocycles. The van der Waals surface area contributed by atoms with Crippen LogP contribution in [0, 0.1) is 5.82 Å². The molecule has 0 amide bonds. The molecule has 2 aromatic heterocycles. The van der Waals surface area contributed by atoms with Crippen LogP contribution >= 0.6 is 0 Å². The third kappa shape index (κ3) is 4.47. The van der Waals surface area contributed by atoms with E-state index in [9.17, 15) is 14.6 Å². The van der Waals surface area contributed by atoms with Gasteiger partial charge in [-0.25, -0.2) is 9.37 Å². The predicted molar refractivity (Wildman–Crippen MR) is 115 cm³/mol. The molecule has 2 N–H and O–H groups in total. The Morgan fingerprint density at radius 2 is 1.97 bits per heavy atom. The van der Waals surface area contributed by atoms with Crippen LogP contribution in [0.3, 0.4) is 0 Å². The minimum atomic E-state index is -1.03. The molecule has 4 aromatic rings. The molecule has 0 saturated heterocycles. The molecule has 0 radical (unpaired) electrons. The van der Waals surface area contributed by atoms with Crippen molar-refractivity contribution in [2.24, 2.45) is 7.05 Å². The Hall–Kier alpha value is -3.56. The van der Waals surface area contributed by atoms with Gasteiger partial charge in [-0.15, -0.1) is 0 Å². The first kappa shape index (κ1) is 20.7. The van der Waals surface area contributed by atoms with Crippen molar-refractivity contribution >= 4 is 22.4 Å². The van der Waals surface area contributed by atoms with Crippen LogP contribution < -0.4 is 9.64 Å². The van der Waals surface area contributed by atoms with Gasteiger partial charge >= 0.3 is 0 Å². The van der Waals surface area contributed by atoms with Gasteiger partial charge in [0.05, 0.1) is 55.5 Å². The number of ether oxygens (including phenoxy) is 1. The summed E-state index contributed by atoms with van der Waals surface area (Å²) in [5.41, 5.74) is 3.96. The third-order valence-electron chi connectivity index (χ3n) is 4.85. The lowest BCUT2D eigenvalue weighted by atomic mass is 10.1. The number of aliphatic hydroxyl groups is 2. The SMILES string of the molecule is COc1cc(F)cc(N(C[C@H](O)CO)c2ccc3ncc(-c4cnn(C)c4)nc3c2)c1. The average molecular weight is 423 g/mol. The lowest BCUT2D eigenvalue weighted by molar-refractivity contribution is 0.102. The molecule has 0 aliphatic carbocycles. The molecule has 0 spiro atoms. The van der Waals surface area contributed by atoms with Gasteiger partial charge in [-0.05, 0) is 24.3 Å². The highest BCUT2D eigenvalue weighted by molar-refractivity contribution is 5.82. The third-order valence-corrected chi connectivity index (χ3v) is 4.85. The number of aryl methyl sites for hydroxylation is 1.